The fourth-order valence-electron chi connectivity index (χ4n) is 1.93. The van der Waals surface area contributed by atoms with Gasteiger partial charge in [0.2, 0.25) is 18.0 Å². The quantitative estimate of drug-likeness (QED) is 0.462. The highest BCUT2D eigenvalue weighted by Crippen LogP contribution is 2.29. The van der Waals surface area contributed by atoms with E-state index in [-0.39, 0.29) is 21.9 Å². The molecule has 0 unspecified atom stereocenters. The number of Topliss-reactive ketones (excluding diaryl/α,β-unsaturated/α-hetero) is 1. The Balaban J connectivity index is 0.000000970. The zero-order valence-corrected chi connectivity index (χ0v) is 15.0. The zero-order chi connectivity index (χ0) is 18.8. The number of nitrogens with one attached hydrogen (secondary N) is 3. The fourth-order valence-corrected chi connectivity index (χ4v) is 2.86. The lowest BCUT2D eigenvalue weighted by molar-refractivity contribution is -0.109. The first-order valence-corrected chi connectivity index (χ1v) is 8.31. The minimum atomic E-state index is -0.503. The van der Waals surface area contributed by atoms with Gasteiger partial charge in [0.05, 0.1) is 10.5 Å². The fraction of sp³-hybridized carbons (Fsp3) is 0.400. The van der Waals surface area contributed by atoms with Gasteiger partial charge < -0.3 is 15.4 Å². The number of methoxy groups -OCH3 is 1. The Morgan fingerprint density at radius 3 is 2.68 bits per heavy atom. The minimum absolute atomic E-state index is 0.00956. The standard InChI is InChI=1S/C13H14N4O4S.C2H6O/c1-14-13(21)11-9-10(16-17-11)7(19)5-8(12(9)20)22-4-2-3-15-6-18;1-3-2/h5-6H,2-4H2,1H3,(H,14,21)(H,15,18)(H,16,17);1-2H3. The van der Waals surface area contributed by atoms with Crippen molar-refractivity contribution in [1.82, 2.24) is 20.8 Å². The van der Waals surface area contributed by atoms with E-state index in [1.165, 1.54) is 24.9 Å². The summed E-state index contributed by atoms with van der Waals surface area (Å²) in [5.74, 6) is -0.741. The highest BCUT2D eigenvalue weighted by atomic mass is 32.2. The Morgan fingerprint density at radius 2 is 2.08 bits per heavy atom. The molecule has 0 radical (unpaired) electrons. The molecule has 9 nitrogen and oxygen atoms in total. The Labute approximate surface area is 149 Å². The van der Waals surface area contributed by atoms with Crippen LogP contribution in [0.1, 0.15) is 37.8 Å². The van der Waals surface area contributed by atoms with Crippen LogP contribution in [0.5, 0.6) is 0 Å². The van der Waals surface area contributed by atoms with Gasteiger partial charge in [0.1, 0.15) is 11.4 Å². The first-order chi connectivity index (χ1) is 12.0. The van der Waals surface area contributed by atoms with E-state index in [0.29, 0.717) is 25.1 Å². The average Bonchev–Trinajstić information content (AvgIpc) is 3.04. The van der Waals surface area contributed by atoms with Crippen molar-refractivity contribution in [1.29, 1.82) is 0 Å². The predicted molar refractivity (Wildman–Crippen MR) is 92.8 cm³/mol. The first kappa shape index (κ1) is 20.6. The molecule has 0 saturated heterocycles. The molecule has 0 atom stereocenters. The number of ether oxygens (including phenoxy) is 1. The van der Waals surface area contributed by atoms with Crippen LogP contribution in [0.4, 0.5) is 0 Å². The van der Waals surface area contributed by atoms with Crippen LogP contribution in [0, 0.1) is 0 Å². The number of thioether (sulfide) groups is 1. The molecule has 3 N–H and O–H groups in total. The zero-order valence-electron chi connectivity index (χ0n) is 14.2. The Bertz CT molecular complexity index is 683. The molecule has 1 aliphatic carbocycles. The van der Waals surface area contributed by atoms with E-state index in [2.05, 4.69) is 25.6 Å². The molecule has 10 heteroatoms. The molecule has 25 heavy (non-hydrogen) atoms. The van der Waals surface area contributed by atoms with Gasteiger partial charge in [0, 0.05) is 33.9 Å². The predicted octanol–water partition coefficient (Wildman–Crippen LogP) is 0.164. The molecule has 1 aromatic rings. The van der Waals surface area contributed by atoms with Crippen LogP contribution >= 0.6 is 11.8 Å². The third kappa shape index (κ3) is 5.26. The lowest BCUT2D eigenvalue weighted by Gasteiger charge is -2.11. The second-order valence-electron chi connectivity index (χ2n) is 4.79. The molecule has 0 saturated carbocycles. The van der Waals surface area contributed by atoms with Gasteiger partial charge in [-0.2, -0.15) is 5.10 Å². The molecule has 1 heterocycles. The summed E-state index contributed by atoms with van der Waals surface area (Å²) in [6.45, 7) is 0.492. The monoisotopic (exact) mass is 368 g/mol. The lowest BCUT2D eigenvalue weighted by Crippen LogP contribution is -2.23. The van der Waals surface area contributed by atoms with Gasteiger partial charge >= 0.3 is 0 Å². The lowest BCUT2D eigenvalue weighted by atomic mass is 9.99. The van der Waals surface area contributed by atoms with Crippen molar-refractivity contribution in [3.05, 3.63) is 27.9 Å². The number of ketones is 2. The van der Waals surface area contributed by atoms with Gasteiger partial charge in [0.15, 0.2) is 0 Å². The van der Waals surface area contributed by atoms with E-state index < -0.39 is 17.5 Å². The van der Waals surface area contributed by atoms with Gasteiger partial charge in [0.25, 0.3) is 5.91 Å². The van der Waals surface area contributed by atoms with E-state index >= 15 is 0 Å². The Hall–Kier alpha value is -2.46. The summed E-state index contributed by atoms with van der Waals surface area (Å²) < 4.78 is 4.25. The maximum Gasteiger partial charge on any atom is 0.269 e. The van der Waals surface area contributed by atoms with Crippen molar-refractivity contribution in [3.63, 3.8) is 0 Å². The first-order valence-electron chi connectivity index (χ1n) is 7.32. The minimum Gasteiger partial charge on any atom is -0.388 e. The van der Waals surface area contributed by atoms with Crippen LogP contribution in [0.15, 0.2) is 11.0 Å². The second kappa shape index (κ2) is 10.4. The van der Waals surface area contributed by atoms with Crippen LogP contribution in [0.25, 0.3) is 0 Å². The van der Waals surface area contributed by atoms with Crippen molar-refractivity contribution < 1.29 is 23.9 Å². The number of carbonyl (C=O) groups is 4. The highest BCUT2D eigenvalue weighted by molar-refractivity contribution is 8.04. The van der Waals surface area contributed by atoms with Crippen molar-refractivity contribution >= 4 is 35.6 Å². The maximum absolute atomic E-state index is 12.4. The molecule has 0 bridgehead atoms. The molecule has 2 amide bonds. The number of rotatable bonds is 7. The van der Waals surface area contributed by atoms with E-state index in [1.807, 2.05) is 0 Å². The second-order valence-corrected chi connectivity index (χ2v) is 5.92. The summed E-state index contributed by atoms with van der Waals surface area (Å²) >= 11 is 1.22. The van der Waals surface area contributed by atoms with Gasteiger partial charge in [-0.1, -0.05) is 0 Å². The largest absolute Gasteiger partial charge is 0.388 e. The molecular formula is C15H20N4O5S. The summed E-state index contributed by atoms with van der Waals surface area (Å²) in [6, 6.07) is 0. The van der Waals surface area contributed by atoms with Crippen molar-refractivity contribution in [2.24, 2.45) is 0 Å². The molecular weight excluding hydrogens is 348 g/mol. The topological polar surface area (TPSA) is 130 Å². The number of hydrogen-bond acceptors (Lipinski definition) is 7. The molecule has 0 aliphatic heterocycles. The third-order valence-electron chi connectivity index (χ3n) is 2.97. The van der Waals surface area contributed by atoms with Crippen LogP contribution in [-0.4, -0.2) is 67.6 Å². The van der Waals surface area contributed by atoms with Crippen LogP contribution < -0.4 is 10.6 Å². The number of H-pyrrole nitrogens is 1. The Kier molecular flexibility index (Phi) is 8.57. The van der Waals surface area contributed by atoms with Crippen LogP contribution in [0.3, 0.4) is 0 Å². The van der Waals surface area contributed by atoms with Crippen molar-refractivity contribution in [2.75, 3.05) is 33.6 Å². The summed E-state index contributed by atoms with van der Waals surface area (Å²) in [5, 5.41) is 11.1. The van der Waals surface area contributed by atoms with E-state index in [0.717, 1.165) is 0 Å². The van der Waals surface area contributed by atoms with Crippen molar-refractivity contribution in [3.8, 4) is 0 Å². The van der Waals surface area contributed by atoms with E-state index in [9.17, 15) is 19.2 Å². The smallest absolute Gasteiger partial charge is 0.269 e. The molecule has 0 spiro atoms. The maximum atomic E-state index is 12.4. The normalized spacial score (nSPS) is 12.5. The number of aromatic nitrogens is 2. The van der Waals surface area contributed by atoms with Crippen molar-refractivity contribution in [2.45, 2.75) is 6.42 Å². The Morgan fingerprint density at radius 1 is 1.40 bits per heavy atom. The molecule has 1 aliphatic rings. The molecule has 0 aromatic carbocycles. The highest BCUT2D eigenvalue weighted by Gasteiger charge is 2.33. The number of fused-ring (bicyclic) bond motifs is 1. The summed E-state index contributed by atoms with van der Waals surface area (Å²) in [5.41, 5.74) is -0.0272. The van der Waals surface area contributed by atoms with Crippen LogP contribution in [0.2, 0.25) is 0 Å². The molecule has 0 fully saturated rings. The SMILES string of the molecule is CNC(=O)c1[nH]nc2c1C(=O)C(SCCCNC=O)=CC2=O.COC. The van der Waals surface area contributed by atoms with Gasteiger partial charge in [-0.3, -0.25) is 24.3 Å². The third-order valence-corrected chi connectivity index (χ3v) is 4.08. The molecule has 136 valence electrons. The summed E-state index contributed by atoms with van der Waals surface area (Å²) in [7, 11) is 4.68. The summed E-state index contributed by atoms with van der Waals surface area (Å²) in [6.07, 6.45) is 2.49. The van der Waals surface area contributed by atoms with Gasteiger partial charge in [-0.05, 0) is 12.2 Å². The van der Waals surface area contributed by atoms with E-state index in [4.69, 9.17) is 0 Å². The number of aromatic amines is 1. The average molecular weight is 368 g/mol. The van der Waals surface area contributed by atoms with Crippen LogP contribution in [-0.2, 0) is 9.53 Å². The van der Waals surface area contributed by atoms with Gasteiger partial charge in [-0.25, -0.2) is 0 Å². The number of allylic oxidation sites excluding steroid dienone is 2. The van der Waals surface area contributed by atoms with Gasteiger partial charge in [-0.15, -0.1) is 11.8 Å². The number of nitrogens with zero attached hydrogens (tertiary/aromatic N) is 1. The molecule has 1 aromatic heterocycles. The number of hydrogen-bond donors (Lipinski definition) is 3. The summed E-state index contributed by atoms with van der Waals surface area (Å²) in [4.78, 5) is 46.5. The number of carbonyl (C=O) groups excluding carboxylic acids is 4. The number of amides is 2. The van der Waals surface area contributed by atoms with E-state index in [1.54, 1.807) is 14.2 Å². The molecule has 2 rings (SSSR count).